The Labute approximate surface area is 204 Å². The van der Waals surface area contributed by atoms with E-state index in [1.54, 1.807) is 0 Å². The van der Waals surface area contributed by atoms with Gasteiger partial charge in [-0.25, -0.2) is 4.98 Å². The highest BCUT2D eigenvalue weighted by molar-refractivity contribution is 5.99. The molecule has 4 aromatic heterocycles. The number of H-pyrrole nitrogens is 2. The minimum atomic E-state index is 0.833. The van der Waals surface area contributed by atoms with Gasteiger partial charge in [-0.05, 0) is 63.1 Å². The maximum absolute atomic E-state index is 5.01. The van der Waals surface area contributed by atoms with Crippen molar-refractivity contribution < 1.29 is 0 Å². The lowest BCUT2D eigenvalue weighted by Gasteiger charge is -2.34. The summed E-state index contributed by atoms with van der Waals surface area (Å²) >= 11 is 0. The molecule has 1 aromatic carbocycles. The van der Waals surface area contributed by atoms with Crippen molar-refractivity contribution in [2.45, 2.75) is 6.54 Å². The Hall–Kier alpha value is -3.75. The number of aromatic nitrogens is 5. The van der Waals surface area contributed by atoms with E-state index in [-0.39, 0.29) is 0 Å². The smallest absolute Gasteiger partial charge is 0.135 e. The van der Waals surface area contributed by atoms with E-state index in [4.69, 9.17) is 4.98 Å². The van der Waals surface area contributed by atoms with Gasteiger partial charge < -0.3 is 19.7 Å². The molecule has 178 valence electrons. The van der Waals surface area contributed by atoms with Crippen molar-refractivity contribution in [3.63, 3.8) is 0 Å². The number of likely N-dealkylation sites (N-methyl/N-ethyl adjacent to an activating group) is 1. The number of benzene rings is 1. The van der Waals surface area contributed by atoms with Crippen molar-refractivity contribution in [3.05, 3.63) is 60.4 Å². The van der Waals surface area contributed by atoms with Crippen molar-refractivity contribution in [3.8, 4) is 22.6 Å². The summed E-state index contributed by atoms with van der Waals surface area (Å²) < 4.78 is 0. The predicted octanol–water partition coefficient (Wildman–Crippen LogP) is 3.98. The zero-order valence-corrected chi connectivity index (χ0v) is 20.4. The van der Waals surface area contributed by atoms with E-state index < -0.39 is 0 Å². The molecule has 6 rings (SSSR count). The molecule has 1 fully saturated rings. The Morgan fingerprint density at radius 1 is 0.971 bits per heavy atom. The summed E-state index contributed by atoms with van der Waals surface area (Å²) in [5.41, 5.74) is 9.02. The van der Waals surface area contributed by atoms with Gasteiger partial charge in [0.05, 0.1) is 16.9 Å². The van der Waals surface area contributed by atoms with Crippen LogP contribution in [0.3, 0.4) is 0 Å². The molecule has 35 heavy (non-hydrogen) atoms. The highest BCUT2D eigenvalue weighted by Crippen LogP contribution is 2.34. The fourth-order valence-corrected chi connectivity index (χ4v) is 4.92. The minimum Gasteiger partial charge on any atom is -0.368 e. The standard InChI is InChI=1S/C27H30N8/c1-33(2)17-18-13-19(16-28-15-18)21-7-8-23-26(30-21)27(32-31-23)24-14-20-22(29-24)5-4-6-25(20)35-11-9-34(3)10-12-35/h4-8,13-16,29H,9-12,17H2,1-3H3,(H,31,32). The Morgan fingerprint density at radius 3 is 2.66 bits per heavy atom. The number of piperazine rings is 1. The second-order valence-corrected chi connectivity index (χ2v) is 9.70. The van der Waals surface area contributed by atoms with Crippen molar-refractivity contribution in [1.82, 2.24) is 34.9 Å². The Morgan fingerprint density at radius 2 is 1.83 bits per heavy atom. The lowest BCUT2D eigenvalue weighted by atomic mass is 10.1. The van der Waals surface area contributed by atoms with Gasteiger partial charge in [0, 0.05) is 67.3 Å². The van der Waals surface area contributed by atoms with Crippen LogP contribution in [0.2, 0.25) is 0 Å². The summed E-state index contributed by atoms with van der Waals surface area (Å²) in [5, 5.41) is 9.02. The number of nitrogens with zero attached hydrogens (tertiary/aromatic N) is 6. The number of aromatic amines is 2. The predicted molar refractivity (Wildman–Crippen MR) is 142 cm³/mol. The average Bonchev–Trinajstić information content (AvgIpc) is 3.48. The molecule has 0 atom stereocenters. The number of hydrogen-bond donors (Lipinski definition) is 2. The van der Waals surface area contributed by atoms with Gasteiger partial charge >= 0.3 is 0 Å². The number of hydrogen-bond acceptors (Lipinski definition) is 6. The maximum atomic E-state index is 5.01. The van der Waals surface area contributed by atoms with E-state index in [0.717, 1.165) is 77.5 Å². The van der Waals surface area contributed by atoms with Crippen molar-refractivity contribution in [1.29, 1.82) is 0 Å². The molecule has 1 aliphatic heterocycles. The van der Waals surface area contributed by atoms with Crippen LogP contribution in [0.15, 0.2) is 54.9 Å². The molecule has 1 aliphatic rings. The molecule has 0 unspecified atom stereocenters. The first-order valence-corrected chi connectivity index (χ1v) is 12.0. The van der Waals surface area contributed by atoms with Gasteiger partial charge in [-0.15, -0.1) is 0 Å². The SMILES string of the molecule is CN(C)Cc1cncc(-c2ccc3[nH]nc(-c4cc5c(N6CCN(C)CC6)cccc5[nH]4)c3n2)c1. The van der Waals surface area contributed by atoms with E-state index in [2.05, 4.69) is 86.3 Å². The summed E-state index contributed by atoms with van der Waals surface area (Å²) in [7, 11) is 6.30. The molecule has 0 spiro atoms. The highest BCUT2D eigenvalue weighted by atomic mass is 15.2. The third-order valence-electron chi connectivity index (χ3n) is 6.74. The fraction of sp³-hybridized carbons (Fsp3) is 0.296. The van der Waals surface area contributed by atoms with Gasteiger partial charge in [-0.3, -0.25) is 10.1 Å². The number of rotatable bonds is 5. The Bertz CT molecular complexity index is 1490. The second-order valence-electron chi connectivity index (χ2n) is 9.70. The first-order chi connectivity index (χ1) is 17.0. The monoisotopic (exact) mass is 466 g/mol. The van der Waals surface area contributed by atoms with Gasteiger partial charge in [0.2, 0.25) is 0 Å². The molecule has 0 aliphatic carbocycles. The number of pyridine rings is 2. The van der Waals surface area contributed by atoms with Crippen LogP contribution in [-0.4, -0.2) is 82.3 Å². The molecule has 1 saturated heterocycles. The fourth-order valence-electron chi connectivity index (χ4n) is 4.92. The third-order valence-corrected chi connectivity index (χ3v) is 6.74. The van der Waals surface area contributed by atoms with E-state index >= 15 is 0 Å². The normalized spacial score (nSPS) is 15.0. The topological polar surface area (TPSA) is 80.0 Å². The molecular formula is C27H30N8. The summed E-state index contributed by atoms with van der Waals surface area (Å²) in [6.45, 7) is 5.06. The quantitative estimate of drug-likeness (QED) is 0.408. The maximum Gasteiger partial charge on any atom is 0.135 e. The van der Waals surface area contributed by atoms with Crippen LogP contribution >= 0.6 is 0 Å². The third kappa shape index (κ3) is 4.15. The van der Waals surface area contributed by atoms with Gasteiger partial charge in [-0.1, -0.05) is 6.07 Å². The van der Waals surface area contributed by atoms with Crippen LogP contribution < -0.4 is 4.90 Å². The Balaban J connectivity index is 1.39. The van der Waals surface area contributed by atoms with E-state index in [9.17, 15) is 0 Å². The summed E-state index contributed by atoms with van der Waals surface area (Å²) in [6.07, 6.45) is 3.78. The zero-order chi connectivity index (χ0) is 23.9. The number of fused-ring (bicyclic) bond motifs is 2. The highest BCUT2D eigenvalue weighted by Gasteiger charge is 2.19. The molecule has 5 heterocycles. The molecule has 8 nitrogen and oxygen atoms in total. The van der Waals surface area contributed by atoms with E-state index in [1.807, 2.05) is 24.5 Å². The van der Waals surface area contributed by atoms with Crippen LogP contribution in [0.25, 0.3) is 44.6 Å². The van der Waals surface area contributed by atoms with Crippen molar-refractivity contribution in [2.75, 3.05) is 52.2 Å². The molecule has 0 bridgehead atoms. The van der Waals surface area contributed by atoms with Crippen LogP contribution in [0, 0.1) is 0 Å². The molecule has 0 radical (unpaired) electrons. The van der Waals surface area contributed by atoms with Gasteiger partial charge in [0.25, 0.3) is 0 Å². The number of anilines is 1. The van der Waals surface area contributed by atoms with Crippen LogP contribution in [0.5, 0.6) is 0 Å². The molecule has 0 amide bonds. The zero-order valence-electron chi connectivity index (χ0n) is 20.4. The molecule has 8 heteroatoms. The van der Waals surface area contributed by atoms with Gasteiger partial charge in [0.1, 0.15) is 11.2 Å². The van der Waals surface area contributed by atoms with E-state index in [0.29, 0.717) is 0 Å². The van der Waals surface area contributed by atoms with Crippen LogP contribution in [0.1, 0.15) is 5.56 Å². The molecule has 0 saturated carbocycles. The van der Waals surface area contributed by atoms with Crippen molar-refractivity contribution in [2.24, 2.45) is 0 Å². The summed E-state index contributed by atoms with van der Waals surface area (Å²) in [6, 6.07) is 14.9. The lowest BCUT2D eigenvalue weighted by molar-refractivity contribution is 0.313. The molecule has 2 N–H and O–H groups in total. The lowest BCUT2D eigenvalue weighted by Crippen LogP contribution is -2.44. The number of nitrogens with one attached hydrogen (secondary N) is 2. The minimum absolute atomic E-state index is 0.833. The summed E-state index contributed by atoms with van der Waals surface area (Å²) in [4.78, 5) is 20.0. The van der Waals surface area contributed by atoms with Gasteiger partial charge in [0.15, 0.2) is 0 Å². The second kappa shape index (κ2) is 8.79. The van der Waals surface area contributed by atoms with Crippen LogP contribution in [0.4, 0.5) is 5.69 Å². The van der Waals surface area contributed by atoms with Crippen LogP contribution in [-0.2, 0) is 6.54 Å². The largest absolute Gasteiger partial charge is 0.368 e. The average molecular weight is 467 g/mol. The molecular weight excluding hydrogens is 436 g/mol. The summed E-state index contributed by atoms with van der Waals surface area (Å²) in [5.74, 6) is 0. The van der Waals surface area contributed by atoms with Crippen molar-refractivity contribution >= 4 is 27.6 Å². The Kier molecular flexibility index (Phi) is 5.47. The first kappa shape index (κ1) is 21.8. The van der Waals surface area contributed by atoms with E-state index in [1.165, 1.54) is 11.1 Å². The first-order valence-electron chi connectivity index (χ1n) is 12.0. The van der Waals surface area contributed by atoms with Gasteiger partial charge in [-0.2, -0.15) is 5.10 Å². The molecule has 5 aromatic rings.